The average molecular weight is 561 g/mol. The first-order chi connectivity index (χ1) is 16.3. The van der Waals surface area contributed by atoms with Crippen LogP contribution in [-0.4, -0.2) is 11.8 Å². The molecule has 0 radical (unpaired) electrons. The SMILES string of the molecule is O=C(Nc1cc(Br)cc2c1[C@@H](c1cc(F)ccc1C(F)F)NC2=O)c1cc(F)cc(C(F)(F)F)c1. The molecule has 0 saturated carbocycles. The third-order valence-electron chi connectivity index (χ3n) is 5.28. The van der Waals surface area contributed by atoms with Crippen molar-refractivity contribution in [3.8, 4) is 0 Å². The minimum atomic E-state index is -4.92. The number of carbonyl (C=O) groups excluding carboxylic acids is 2. The number of carbonyl (C=O) groups is 2. The van der Waals surface area contributed by atoms with Crippen molar-refractivity contribution in [2.24, 2.45) is 0 Å². The van der Waals surface area contributed by atoms with Gasteiger partial charge in [0, 0.05) is 32.4 Å². The Morgan fingerprint density at radius 3 is 2.37 bits per heavy atom. The lowest BCUT2D eigenvalue weighted by atomic mass is 9.93. The Labute approximate surface area is 201 Å². The zero-order valence-corrected chi connectivity index (χ0v) is 18.7. The third-order valence-corrected chi connectivity index (χ3v) is 5.74. The zero-order valence-electron chi connectivity index (χ0n) is 17.1. The molecule has 1 atom stereocenters. The van der Waals surface area contributed by atoms with Gasteiger partial charge >= 0.3 is 6.18 Å². The second kappa shape index (κ2) is 8.99. The van der Waals surface area contributed by atoms with E-state index in [1.54, 1.807) is 0 Å². The van der Waals surface area contributed by atoms with Crippen LogP contribution in [0.2, 0.25) is 0 Å². The van der Waals surface area contributed by atoms with Crippen molar-refractivity contribution < 1.29 is 40.3 Å². The van der Waals surface area contributed by atoms with Crippen molar-refractivity contribution >= 4 is 33.4 Å². The molecule has 0 unspecified atom stereocenters. The van der Waals surface area contributed by atoms with E-state index in [2.05, 4.69) is 26.6 Å². The second-order valence-electron chi connectivity index (χ2n) is 7.58. The van der Waals surface area contributed by atoms with Gasteiger partial charge in [-0.05, 0) is 48.0 Å². The van der Waals surface area contributed by atoms with Crippen LogP contribution in [0.1, 0.15) is 55.4 Å². The van der Waals surface area contributed by atoms with Gasteiger partial charge in [0.05, 0.1) is 11.6 Å². The quantitative estimate of drug-likeness (QED) is 0.346. The van der Waals surface area contributed by atoms with Crippen LogP contribution in [0, 0.1) is 11.6 Å². The summed E-state index contributed by atoms with van der Waals surface area (Å²) in [6.45, 7) is 0. The lowest BCUT2D eigenvalue weighted by Crippen LogP contribution is -2.22. The van der Waals surface area contributed by atoms with Gasteiger partial charge in [-0.15, -0.1) is 0 Å². The number of hydrogen-bond donors (Lipinski definition) is 2. The Balaban J connectivity index is 1.81. The monoisotopic (exact) mass is 560 g/mol. The Hall–Kier alpha value is -3.41. The second-order valence-corrected chi connectivity index (χ2v) is 8.49. The van der Waals surface area contributed by atoms with Crippen molar-refractivity contribution in [2.45, 2.75) is 18.6 Å². The van der Waals surface area contributed by atoms with E-state index in [9.17, 15) is 40.3 Å². The van der Waals surface area contributed by atoms with E-state index in [1.165, 1.54) is 12.1 Å². The topological polar surface area (TPSA) is 58.2 Å². The fraction of sp³-hybridized carbons (Fsp3) is 0.130. The molecule has 0 fully saturated rings. The van der Waals surface area contributed by atoms with Crippen LogP contribution >= 0.6 is 15.9 Å². The molecule has 4 nitrogen and oxygen atoms in total. The van der Waals surface area contributed by atoms with Crippen LogP contribution in [0.5, 0.6) is 0 Å². The van der Waals surface area contributed by atoms with Crippen LogP contribution in [-0.2, 0) is 6.18 Å². The van der Waals surface area contributed by atoms with Crippen LogP contribution in [0.25, 0.3) is 0 Å². The summed E-state index contributed by atoms with van der Waals surface area (Å²) in [5.74, 6) is -4.02. The maximum atomic E-state index is 13.9. The number of alkyl halides is 5. The summed E-state index contributed by atoms with van der Waals surface area (Å²) < 4.78 is 94.4. The van der Waals surface area contributed by atoms with Gasteiger partial charge in [0.15, 0.2) is 0 Å². The van der Waals surface area contributed by atoms with Crippen molar-refractivity contribution in [2.75, 3.05) is 5.32 Å². The van der Waals surface area contributed by atoms with Crippen LogP contribution in [0.4, 0.5) is 36.4 Å². The summed E-state index contributed by atoms with van der Waals surface area (Å²) in [5, 5.41) is 4.77. The molecule has 12 heteroatoms. The maximum Gasteiger partial charge on any atom is 0.416 e. The molecule has 0 bridgehead atoms. The molecule has 35 heavy (non-hydrogen) atoms. The molecule has 0 aliphatic carbocycles. The van der Waals surface area contributed by atoms with Gasteiger partial charge in [-0.3, -0.25) is 9.59 Å². The smallest absolute Gasteiger partial charge is 0.341 e. The van der Waals surface area contributed by atoms with Crippen LogP contribution in [0.3, 0.4) is 0 Å². The van der Waals surface area contributed by atoms with Gasteiger partial charge in [-0.2, -0.15) is 13.2 Å². The summed E-state index contributed by atoms with van der Waals surface area (Å²) in [6.07, 6.45) is -7.94. The first-order valence-electron chi connectivity index (χ1n) is 9.76. The lowest BCUT2D eigenvalue weighted by molar-refractivity contribution is -0.137. The molecular formula is C23H12BrF7N2O2. The minimum Gasteiger partial charge on any atom is -0.341 e. The highest BCUT2D eigenvalue weighted by Crippen LogP contribution is 2.41. The molecule has 1 aliphatic rings. The first-order valence-corrected chi connectivity index (χ1v) is 10.6. The summed E-state index contributed by atoms with van der Waals surface area (Å²) >= 11 is 3.14. The van der Waals surface area contributed by atoms with E-state index in [4.69, 9.17) is 0 Å². The summed E-state index contributed by atoms with van der Waals surface area (Å²) in [6, 6.07) is 5.08. The first kappa shape index (κ1) is 24.7. The van der Waals surface area contributed by atoms with E-state index in [-0.39, 0.29) is 32.9 Å². The predicted octanol–water partition coefficient (Wildman–Crippen LogP) is 6.77. The van der Waals surface area contributed by atoms with Crippen molar-refractivity contribution in [1.82, 2.24) is 5.32 Å². The van der Waals surface area contributed by atoms with Gasteiger partial charge in [0.25, 0.3) is 18.2 Å². The molecule has 2 amide bonds. The molecule has 0 aromatic heterocycles. The highest BCUT2D eigenvalue weighted by Gasteiger charge is 2.36. The highest BCUT2D eigenvalue weighted by atomic mass is 79.9. The summed E-state index contributed by atoms with van der Waals surface area (Å²) in [5.41, 5.74) is -3.08. The molecule has 3 aromatic rings. The zero-order chi connectivity index (χ0) is 25.7. The molecule has 0 spiro atoms. The van der Waals surface area contributed by atoms with Gasteiger partial charge in [-0.25, -0.2) is 17.6 Å². The predicted molar refractivity (Wildman–Crippen MR) is 114 cm³/mol. The number of nitrogens with one attached hydrogen (secondary N) is 2. The van der Waals surface area contributed by atoms with Gasteiger partial charge in [0.2, 0.25) is 0 Å². The molecule has 2 N–H and O–H groups in total. The number of anilines is 1. The molecule has 3 aromatic carbocycles. The number of hydrogen-bond acceptors (Lipinski definition) is 2. The van der Waals surface area contributed by atoms with Crippen molar-refractivity contribution in [1.29, 1.82) is 0 Å². The fourth-order valence-electron chi connectivity index (χ4n) is 3.81. The van der Waals surface area contributed by atoms with E-state index >= 15 is 0 Å². The number of halogens is 8. The third kappa shape index (κ3) is 4.88. The Kier molecular flexibility index (Phi) is 6.34. The Bertz CT molecular complexity index is 1360. The lowest BCUT2D eigenvalue weighted by Gasteiger charge is -2.20. The maximum absolute atomic E-state index is 13.9. The fourth-order valence-corrected chi connectivity index (χ4v) is 4.27. The molecule has 1 heterocycles. The largest absolute Gasteiger partial charge is 0.416 e. The molecule has 0 saturated heterocycles. The standard InChI is InChI=1S/C23H12BrF7N2O2/c24-11-6-16-18(19(33-22(16)35)15-8-12(25)1-2-14(15)20(27)28)17(7-11)32-21(34)9-3-10(23(29,30)31)5-13(26)4-9/h1-8,19-20H,(H,32,34)(H,33,35)/t19-/m1/s1. The van der Waals surface area contributed by atoms with E-state index < -0.39 is 58.8 Å². The number of amides is 2. The average Bonchev–Trinajstić information content (AvgIpc) is 3.08. The number of rotatable bonds is 4. The summed E-state index contributed by atoms with van der Waals surface area (Å²) in [7, 11) is 0. The van der Waals surface area contributed by atoms with Crippen LogP contribution < -0.4 is 10.6 Å². The molecular weight excluding hydrogens is 549 g/mol. The minimum absolute atomic E-state index is 0.00787. The Morgan fingerprint density at radius 1 is 1.00 bits per heavy atom. The van der Waals surface area contributed by atoms with Crippen LogP contribution in [0.15, 0.2) is 53.0 Å². The number of fused-ring (bicyclic) bond motifs is 1. The van der Waals surface area contributed by atoms with Crippen molar-refractivity contribution in [3.05, 3.63) is 98.0 Å². The highest BCUT2D eigenvalue weighted by molar-refractivity contribution is 9.10. The van der Waals surface area contributed by atoms with Gasteiger partial charge in [-0.1, -0.05) is 22.0 Å². The number of benzene rings is 3. The Morgan fingerprint density at radius 2 is 1.71 bits per heavy atom. The van der Waals surface area contributed by atoms with Gasteiger partial charge < -0.3 is 10.6 Å². The van der Waals surface area contributed by atoms with E-state index in [0.29, 0.717) is 12.1 Å². The van der Waals surface area contributed by atoms with Gasteiger partial charge in [0.1, 0.15) is 11.6 Å². The molecule has 4 rings (SSSR count). The van der Waals surface area contributed by atoms with Crippen molar-refractivity contribution in [3.63, 3.8) is 0 Å². The van der Waals surface area contributed by atoms with E-state index in [1.807, 2.05) is 0 Å². The normalized spacial score (nSPS) is 15.2. The van der Waals surface area contributed by atoms with E-state index in [0.717, 1.165) is 18.2 Å². The summed E-state index contributed by atoms with van der Waals surface area (Å²) in [4.78, 5) is 25.3. The molecule has 182 valence electrons. The molecule has 1 aliphatic heterocycles.